The first-order chi connectivity index (χ1) is 8.06. The number of carboxylic acid groups (broad SMARTS) is 1. The van der Waals surface area contributed by atoms with Crippen molar-refractivity contribution in [2.75, 3.05) is 0 Å². The first kappa shape index (κ1) is 11.5. The highest BCUT2D eigenvalue weighted by molar-refractivity contribution is 7.11. The van der Waals surface area contributed by atoms with Crippen LogP contribution in [0.25, 0.3) is 0 Å². The second kappa shape index (κ2) is 4.46. The largest absolute Gasteiger partial charge is 0.476 e. The number of carbonyl (C=O) groups is 1. The summed E-state index contributed by atoms with van der Waals surface area (Å²) in [4.78, 5) is 27.2. The van der Waals surface area contributed by atoms with E-state index in [4.69, 9.17) is 5.11 Å². The molecule has 88 valence electrons. The van der Waals surface area contributed by atoms with Crippen LogP contribution >= 0.6 is 11.3 Å². The van der Waals surface area contributed by atoms with Gasteiger partial charge in [-0.15, -0.1) is 11.3 Å². The van der Waals surface area contributed by atoms with E-state index in [1.807, 2.05) is 6.92 Å². The first-order valence-corrected chi connectivity index (χ1v) is 5.60. The van der Waals surface area contributed by atoms with Crippen LogP contribution in [0, 0.1) is 6.92 Å². The van der Waals surface area contributed by atoms with Crippen LogP contribution in [-0.2, 0) is 6.54 Å². The quantitative estimate of drug-likeness (QED) is 0.870. The van der Waals surface area contributed by atoms with Crippen molar-refractivity contribution < 1.29 is 9.90 Å². The molecule has 0 saturated carbocycles. The highest BCUT2D eigenvalue weighted by Gasteiger charge is 2.08. The molecule has 0 saturated heterocycles. The van der Waals surface area contributed by atoms with Crippen LogP contribution in [0.1, 0.15) is 20.4 Å². The minimum absolute atomic E-state index is 0.147. The standard InChI is InChI=1S/C10H9N3O3S/c1-6-11-4-7(17-6)5-13-9(14)3-2-8(12-13)10(15)16/h2-4H,5H2,1H3,(H,15,16). The topological polar surface area (TPSA) is 85.1 Å². The molecular weight excluding hydrogens is 242 g/mol. The molecule has 0 aliphatic heterocycles. The van der Waals surface area contributed by atoms with Gasteiger partial charge in [-0.25, -0.2) is 14.5 Å². The van der Waals surface area contributed by atoms with Gasteiger partial charge in [-0.05, 0) is 13.0 Å². The molecule has 0 radical (unpaired) electrons. The van der Waals surface area contributed by atoms with Crippen molar-refractivity contribution >= 4 is 17.3 Å². The number of aryl methyl sites for hydroxylation is 1. The summed E-state index contributed by atoms with van der Waals surface area (Å²) in [5.41, 5.74) is -0.480. The van der Waals surface area contributed by atoms with Crippen molar-refractivity contribution in [2.45, 2.75) is 13.5 Å². The molecule has 2 aromatic rings. The molecule has 17 heavy (non-hydrogen) atoms. The van der Waals surface area contributed by atoms with Gasteiger partial charge in [0.1, 0.15) is 0 Å². The Labute approximate surface area is 100 Å². The van der Waals surface area contributed by atoms with Crippen molar-refractivity contribution in [3.63, 3.8) is 0 Å². The average molecular weight is 251 g/mol. The smallest absolute Gasteiger partial charge is 0.356 e. The van der Waals surface area contributed by atoms with Gasteiger partial charge >= 0.3 is 5.97 Å². The van der Waals surface area contributed by atoms with E-state index in [0.717, 1.165) is 14.6 Å². The fraction of sp³-hybridized carbons (Fsp3) is 0.200. The predicted octanol–water partition coefficient (Wildman–Crippen LogP) is 0.755. The lowest BCUT2D eigenvalue weighted by Gasteiger charge is -2.02. The Bertz CT molecular complexity index is 617. The fourth-order valence-corrected chi connectivity index (χ4v) is 2.08. The van der Waals surface area contributed by atoms with E-state index in [1.54, 1.807) is 6.20 Å². The van der Waals surface area contributed by atoms with Crippen molar-refractivity contribution in [1.29, 1.82) is 0 Å². The number of aromatic carboxylic acids is 1. The Balaban J connectivity index is 2.35. The SMILES string of the molecule is Cc1ncc(Cn2nc(C(=O)O)ccc2=O)s1. The maximum Gasteiger partial charge on any atom is 0.356 e. The van der Waals surface area contributed by atoms with Crippen molar-refractivity contribution in [1.82, 2.24) is 14.8 Å². The fourth-order valence-electron chi connectivity index (χ4n) is 1.30. The second-order valence-electron chi connectivity index (χ2n) is 3.37. The summed E-state index contributed by atoms with van der Waals surface area (Å²) in [5.74, 6) is -1.15. The minimum atomic E-state index is -1.15. The van der Waals surface area contributed by atoms with Gasteiger partial charge in [0.15, 0.2) is 5.69 Å². The summed E-state index contributed by atoms with van der Waals surface area (Å²) in [6.07, 6.45) is 1.65. The molecule has 0 fully saturated rings. The van der Waals surface area contributed by atoms with E-state index in [1.165, 1.54) is 23.5 Å². The van der Waals surface area contributed by atoms with E-state index >= 15 is 0 Å². The zero-order chi connectivity index (χ0) is 12.4. The van der Waals surface area contributed by atoms with E-state index in [9.17, 15) is 9.59 Å². The highest BCUT2D eigenvalue weighted by atomic mass is 32.1. The molecule has 0 spiro atoms. The van der Waals surface area contributed by atoms with Gasteiger partial charge in [0.25, 0.3) is 5.56 Å². The average Bonchev–Trinajstić information content (AvgIpc) is 2.67. The van der Waals surface area contributed by atoms with Crippen molar-refractivity contribution in [2.24, 2.45) is 0 Å². The maximum atomic E-state index is 11.5. The number of aromatic nitrogens is 3. The van der Waals surface area contributed by atoms with Crippen LogP contribution in [0.2, 0.25) is 0 Å². The van der Waals surface area contributed by atoms with Gasteiger partial charge in [0.05, 0.1) is 11.6 Å². The zero-order valence-corrected chi connectivity index (χ0v) is 9.77. The Hall–Kier alpha value is -2.02. The third-order valence-corrected chi connectivity index (χ3v) is 2.96. The lowest BCUT2D eigenvalue weighted by atomic mass is 10.4. The summed E-state index contributed by atoms with van der Waals surface area (Å²) < 4.78 is 1.12. The molecule has 0 atom stereocenters. The minimum Gasteiger partial charge on any atom is -0.476 e. The molecule has 2 aromatic heterocycles. The third-order valence-electron chi connectivity index (χ3n) is 2.06. The van der Waals surface area contributed by atoms with E-state index in [2.05, 4.69) is 10.1 Å². The molecule has 7 heteroatoms. The number of nitrogens with zero attached hydrogens (tertiary/aromatic N) is 3. The van der Waals surface area contributed by atoms with Crippen molar-refractivity contribution in [3.8, 4) is 0 Å². The summed E-state index contributed by atoms with van der Waals surface area (Å²) in [6, 6.07) is 2.39. The highest BCUT2D eigenvalue weighted by Crippen LogP contribution is 2.11. The molecule has 0 bridgehead atoms. The van der Waals surface area contributed by atoms with Crippen LogP contribution in [0.5, 0.6) is 0 Å². The van der Waals surface area contributed by atoms with Crippen molar-refractivity contribution in [3.05, 3.63) is 44.3 Å². The van der Waals surface area contributed by atoms with Crippen LogP contribution < -0.4 is 5.56 Å². The van der Waals surface area contributed by atoms with Crippen LogP contribution in [-0.4, -0.2) is 25.8 Å². The number of hydrogen-bond acceptors (Lipinski definition) is 5. The van der Waals surface area contributed by atoms with E-state index < -0.39 is 5.97 Å². The van der Waals surface area contributed by atoms with Gasteiger partial charge in [-0.1, -0.05) is 0 Å². The molecule has 0 aliphatic rings. The van der Waals surface area contributed by atoms with Gasteiger partial charge < -0.3 is 5.11 Å². The molecule has 2 rings (SSSR count). The monoisotopic (exact) mass is 251 g/mol. The second-order valence-corrected chi connectivity index (χ2v) is 4.68. The van der Waals surface area contributed by atoms with Crippen LogP contribution in [0.3, 0.4) is 0 Å². The lowest BCUT2D eigenvalue weighted by molar-refractivity contribution is 0.0687. The normalized spacial score (nSPS) is 10.4. The number of rotatable bonds is 3. The Morgan fingerprint density at radius 1 is 1.53 bits per heavy atom. The van der Waals surface area contributed by atoms with Gasteiger partial charge in [-0.3, -0.25) is 4.79 Å². The van der Waals surface area contributed by atoms with Gasteiger partial charge in [-0.2, -0.15) is 5.10 Å². The number of carboxylic acids is 1. The molecule has 2 heterocycles. The summed E-state index contributed by atoms with van der Waals surface area (Å²) in [6.45, 7) is 2.10. The van der Waals surface area contributed by atoms with Gasteiger partial charge in [0, 0.05) is 17.1 Å². The predicted molar refractivity (Wildman–Crippen MR) is 61.4 cm³/mol. The Kier molecular flexibility index (Phi) is 3.01. The van der Waals surface area contributed by atoms with E-state index in [0.29, 0.717) is 0 Å². The maximum absolute atomic E-state index is 11.5. The third kappa shape index (κ3) is 2.56. The van der Waals surface area contributed by atoms with Gasteiger partial charge in [0.2, 0.25) is 0 Å². The van der Waals surface area contributed by atoms with Crippen LogP contribution in [0.15, 0.2) is 23.1 Å². The molecule has 6 nitrogen and oxygen atoms in total. The first-order valence-electron chi connectivity index (χ1n) is 4.79. The molecule has 0 aromatic carbocycles. The Morgan fingerprint density at radius 2 is 2.29 bits per heavy atom. The van der Waals surface area contributed by atoms with Crippen LogP contribution in [0.4, 0.5) is 0 Å². The summed E-state index contributed by atoms with van der Waals surface area (Å²) in [7, 11) is 0. The molecule has 0 aliphatic carbocycles. The molecular formula is C10H9N3O3S. The summed E-state index contributed by atoms with van der Waals surface area (Å²) in [5, 5.41) is 13.4. The van der Waals surface area contributed by atoms with E-state index in [-0.39, 0.29) is 17.8 Å². The lowest BCUT2D eigenvalue weighted by Crippen LogP contribution is -2.24. The Morgan fingerprint density at radius 3 is 2.88 bits per heavy atom. The molecule has 0 amide bonds. The zero-order valence-electron chi connectivity index (χ0n) is 8.95. The molecule has 1 N–H and O–H groups in total. The number of hydrogen-bond donors (Lipinski definition) is 1. The summed E-state index contributed by atoms with van der Waals surface area (Å²) >= 11 is 1.45. The number of thiazole rings is 1. The molecule has 0 unspecified atom stereocenters.